The number of hydrogen-bond acceptors (Lipinski definition) is 8. The van der Waals surface area contributed by atoms with Gasteiger partial charge in [-0.2, -0.15) is 0 Å². The lowest BCUT2D eigenvalue weighted by atomic mass is 9.33. The molecule has 0 spiro atoms. The molecule has 3 N–H and O–H groups in total. The number of nitrogens with one attached hydrogen (secondary N) is 1. The summed E-state index contributed by atoms with van der Waals surface area (Å²) in [7, 11) is 0. The third-order valence-electron chi connectivity index (χ3n) is 17.3. The van der Waals surface area contributed by atoms with Gasteiger partial charge in [0.25, 0.3) is 0 Å². The molecule has 0 bridgehead atoms. The largest absolute Gasteiger partial charge is 0.481 e. The van der Waals surface area contributed by atoms with E-state index in [4.69, 9.17) is 21.1 Å². The molecule has 4 fully saturated rings. The van der Waals surface area contributed by atoms with Gasteiger partial charge >= 0.3 is 23.9 Å². The molecule has 0 amide bonds. The first-order valence-corrected chi connectivity index (χ1v) is 23.2. The summed E-state index contributed by atoms with van der Waals surface area (Å²) in [5, 5.41) is 23.8. The van der Waals surface area contributed by atoms with Crippen LogP contribution in [0, 0.1) is 68.0 Å². The molecule has 338 valence electrons. The number of esters is 2. The van der Waals surface area contributed by atoms with Crippen LogP contribution in [0.4, 0.5) is 0 Å². The zero-order valence-electron chi connectivity index (χ0n) is 38.5. The molecule has 0 heterocycles. The molecule has 5 aliphatic rings. The second kappa shape index (κ2) is 16.7. The van der Waals surface area contributed by atoms with Crippen LogP contribution in [0.1, 0.15) is 146 Å². The molecule has 0 saturated heterocycles. The lowest BCUT2D eigenvalue weighted by molar-refractivity contribution is -0.237. The number of carboxylic acid groups (broad SMARTS) is 2. The van der Waals surface area contributed by atoms with Gasteiger partial charge in [0.15, 0.2) is 5.78 Å². The number of carbonyl (C=O) groups excluding carboxylic acids is 3. The Morgan fingerprint density at radius 2 is 1.44 bits per heavy atom. The molecule has 11 heteroatoms. The van der Waals surface area contributed by atoms with Gasteiger partial charge in [-0.15, -0.1) is 0 Å². The molecule has 1 aromatic carbocycles. The second-order valence-corrected chi connectivity index (χ2v) is 23.0. The Morgan fingerprint density at radius 3 is 2.03 bits per heavy atom. The van der Waals surface area contributed by atoms with Gasteiger partial charge in [0, 0.05) is 35.9 Å². The number of hydrogen-bond donors (Lipinski definition) is 3. The van der Waals surface area contributed by atoms with E-state index < -0.39 is 40.8 Å². The van der Waals surface area contributed by atoms with E-state index >= 15 is 0 Å². The molecular formula is C50H72ClNO9. The van der Waals surface area contributed by atoms with Crippen molar-refractivity contribution in [3.63, 3.8) is 0 Å². The van der Waals surface area contributed by atoms with Gasteiger partial charge in [-0.1, -0.05) is 77.8 Å². The van der Waals surface area contributed by atoms with E-state index in [1.807, 2.05) is 24.3 Å². The predicted molar refractivity (Wildman–Crippen MR) is 234 cm³/mol. The van der Waals surface area contributed by atoms with Crippen LogP contribution in [0.15, 0.2) is 35.4 Å². The Bertz CT molecular complexity index is 1930. The first kappa shape index (κ1) is 47.2. The van der Waals surface area contributed by atoms with E-state index in [1.165, 1.54) is 5.57 Å². The Balaban J connectivity index is 1.35. The maximum Gasteiger partial charge on any atom is 0.309 e. The maximum atomic E-state index is 14.2. The Hall–Kier alpha value is -3.24. The van der Waals surface area contributed by atoms with E-state index in [0.29, 0.717) is 36.9 Å². The van der Waals surface area contributed by atoms with Gasteiger partial charge in [0.1, 0.15) is 12.2 Å². The SMILES string of the molecule is CC(C)C1=C2C(CC1=O)C([C@H](CNCc1ccc(Cl)cc1)OC(=O)CC(C)(C)C(=O)O)C[C@]1(C)[C@@H]2CC[C@@H]2[C@@]3(C)CC[C@H](OC(=O)CC(C)(C)C(=O)O)C(C)(C)[C@@H]3CC[C@]21C. The van der Waals surface area contributed by atoms with E-state index in [9.17, 15) is 34.2 Å². The fraction of sp³-hybridized carbons (Fsp3) is 0.740. The van der Waals surface area contributed by atoms with Crippen LogP contribution < -0.4 is 5.32 Å². The summed E-state index contributed by atoms with van der Waals surface area (Å²) >= 11 is 6.18. The number of aliphatic carboxylic acids is 2. The molecule has 6 rings (SSSR count). The van der Waals surface area contributed by atoms with Crippen LogP contribution in [0.25, 0.3) is 0 Å². The molecule has 61 heavy (non-hydrogen) atoms. The van der Waals surface area contributed by atoms with Crippen LogP contribution in [-0.2, 0) is 40.0 Å². The molecule has 10 atom stereocenters. The lowest BCUT2D eigenvalue weighted by Crippen LogP contribution is -2.66. The van der Waals surface area contributed by atoms with Crippen molar-refractivity contribution < 1.29 is 43.7 Å². The first-order valence-electron chi connectivity index (χ1n) is 22.8. The van der Waals surface area contributed by atoms with Crippen molar-refractivity contribution in [1.82, 2.24) is 5.32 Å². The predicted octanol–water partition coefficient (Wildman–Crippen LogP) is 10.1. The maximum absolute atomic E-state index is 14.2. The Labute approximate surface area is 368 Å². The molecule has 5 aliphatic carbocycles. The topological polar surface area (TPSA) is 156 Å². The van der Waals surface area contributed by atoms with Crippen molar-refractivity contribution in [2.24, 2.45) is 68.0 Å². The summed E-state index contributed by atoms with van der Waals surface area (Å²) in [5.41, 5.74) is -0.0387. The molecule has 10 nitrogen and oxygen atoms in total. The number of halogens is 1. The number of fused-ring (bicyclic) bond motifs is 7. The number of carbonyl (C=O) groups is 5. The van der Waals surface area contributed by atoms with Crippen molar-refractivity contribution >= 4 is 41.3 Å². The molecule has 4 saturated carbocycles. The average Bonchev–Trinajstić information content (AvgIpc) is 3.49. The fourth-order valence-corrected chi connectivity index (χ4v) is 13.9. The minimum atomic E-state index is -1.31. The van der Waals surface area contributed by atoms with Crippen LogP contribution in [-0.4, -0.2) is 58.6 Å². The quantitative estimate of drug-likeness (QED) is 0.154. The Morgan fingerprint density at radius 1 is 0.836 bits per heavy atom. The summed E-state index contributed by atoms with van der Waals surface area (Å²) in [6, 6.07) is 7.61. The minimum absolute atomic E-state index is 0.0505. The van der Waals surface area contributed by atoms with Crippen LogP contribution >= 0.6 is 11.6 Å². The number of carboxylic acids is 2. The number of allylic oxidation sites excluding steroid dienone is 2. The zero-order chi connectivity index (χ0) is 45.2. The fourth-order valence-electron chi connectivity index (χ4n) is 13.8. The van der Waals surface area contributed by atoms with Crippen LogP contribution in [0.2, 0.25) is 5.02 Å². The van der Waals surface area contributed by atoms with E-state index in [2.05, 4.69) is 53.8 Å². The summed E-state index contributed by atoms with van der Waals surface area (Å²) in [5.74, 6) is -2.29. The molecule has 0 aromatic heterocycles. The number of Topliss-reactive ketones (excluding diaryl/α,β-unsaturated/α-hetero) is 1. The highest BCUT2D eigenvalue weighted by molar-refractivity contribution is 6.30. The highest BCUT2D eigenvalue weighted by Crippen LogP contribution is 2.76. The lowest BCUT2D eigenvalue weighted by Gasteiger charge is -2.72. The van der Waals surface area contributed by atoms with E-state index in [-0.39, 0.29) is 76.0 Å². The van der Waals surface area contributed by atoms with Crippen LogP contribution in [0.3, 0.4) is 0 Å². The number of ether oxygens (including phenoxy) is 2. The summed E-state index contributed by atoms with van der Waals surface area (Å²) in [4.78, 5) is 65.3. The standard InChI is InChI=1S/C50H72ClNO9/c1-28(2)41-34(53)22-31-32(35(60-39(54)24-45(3,4)43(56)57)27-52-26-29-12-14-30(51)15-13-29)23-50(11)33(42(31)41)16-17-37-48(9)20-19-38(61-40(55)25-46(5,6)44(58)59)47(7,8)36(48)18-21-49(37,50)10/h12-15,28,31-33,35-38,52H,16-27H2,1-11H3,(H,56,57)(H,58,59)/t31?,32?,33-,35+,36+,37-,38+,48+,49-,50-/m1/s1. The average molecular weight is 867 g/mol. The first-order chi connectivity index (χ1) is 28.2. The molecule has 1 aromatic rings. The highest BCUT2D eigenvalue weighted by Gasteiger charge is 2.70. The van der Waals surface area contributed by atoms with Gasteiger partial charge in [0.2, 0.25) is 0 Å². The third-order valence-corrected chi connectivity index (χ3v) is 17.6. The number of benzene rings is 1. The van der Waals surface area contributed by atoms with Crippen molar-refractivity contribution in [3.8, 4) is 0 Å². The van der Waals surface area contributed by atoms with Crippen molar-refractivity contribution in [3.05, 3.63) is 46.0 Å². The van der Waals surface area contributed by atoms with Gasteiger partial charge < -0.3 is 25.0 Å². The third kappa shape index (κ3) is 8.47. The number of rotatable bonds is 14. The van der Waals surface area contributed by atoms with Crippen molar-refractivity contribution in [2.75, 3.05) is 6.54 Å². The Kier molecular flexibility index (Phi) is 12.9. The summed E-state index contributed by atoms with van der Waals surface area (Å²) in [6.45, 7) is 23.2. The minimum Gasteiger partial charge on any atom is -0.481 e. The summed E-state index contributed by atoms with van der Waals surface area (Å²) in [6.07, 6.45) is 5.29. The summed E-state index contributed by atoms with van der Waals surface area (Å²) < 4.78 is 12.7. The van der Waals surface area contributed by atoms with Gasteiger partial charge in [-0.05, 0) is 142 Å². The van der Waals surface area contributed by atoms with Gasteiger partial charge in [-0.3, -0.25) is 24.0 Å². The molecular weight excluding hydrogens is 794 g/mol. The van der Waals surface area contributed by atoms with E-state index in [1.54, 1.807) is 27.7 Å². The molecule has 2 unspecified atom stereocenters. The van der Waals surface area contributed by atoms with Crippen LogP contribution in [0.5, 0.6) is 0 Å². The molecule has 0 aliphatic heterocycles. The van der Waals surface area contributed by atoms with E-state index in [0.717, 1.165) is 49.7 Å². The van der Waals surface area contributed by atoms with Crippen molar-refractivity contribution in [1.29, 1.82) is 0 Å². The number of ketones is 1. The zero-order valence-corrected chi connectivity index (χ0v) is 39.3. The normalized spacial score (nSPS) is 33.8. The smallest absolute Gasteiger partial charge is 0.309 e. The monoisotopic (exact) mass is 865 g/mol. The van der Waals surface area contributed by atoms with Gasteiger partial charge in [0.05, 0.1) is 23.7 Å². The van der Waals surface area contributed by atoms with Crippen molar-refractivity contribution in [2.45, 2.75) is 159 Å². The second-order valence-electron chi connectivity index (χ2n) is 22.6. The highest BCUT2D eigenvalue weighted by atomic mass is 35.5. The van der Waals surface area contributed by atoms with Gasteiger partial charge in [-0.25, -0.2) is 0 Å². The molecule has 0 radical (unpaired) electrons.